The summed E-state index contributed by atoms with van der Waals surface area (Å²) in [6.07, 6.45) is 3.12. The van der Waals surface area contributed by atoms with E-state index < -0.39 is 0 Å². The Balaban J connectivity index is 2.24. The van der Waals surface area contributed by atoms with Crippen LogP contribution < -0.4 is 10.6 Å². The molecule has 2 N–H and O–H groups in total. The van der Waals surface area contributed by atoms with E-state index in [1.165, 1.54) is 12.3 Å². The number of halogens is 1. The molecule has 0 atom stereocenters. The first-order chi connectivity index (χ1) is 7.79. The molecule has 0 aliphatic rings. The first kappa shape index (κ1) is 10.4. The van der Waals surface area contributed by atoms with Crippen molar-refractivity contribution in [3.63, 3.8) is 0 Å². The van der Waals surface area contributed by atoms with Gasteiger partial charge in [0.25, 0.3) is 0 Å². The number of anilines is 3. The molecular weight excluding hydrogens is 207 g/mol. The fraction of sp³-hybridized carbons (Fsp3) is 0.0909. The number of benzene rings is 1. The highest BCUT2D eigenvalue weighted by Gasteiger charge is 2.02. The van der Waals surface area contributed by atoms with Crippen LogP contribution in [-0.4, -0.2) is 17.0 Å². The number of hydrogen-bond acceptors (Lipinski definition) is 4. The molecule has 0 unspecified atom stereocenters. The lowest BCUT2D eigenvalue weighted by atomic mass is 10.3. The molecule has 1 aromatic heterocycles. The first-order valence-corrected chi connectivity index (χ1v) is 4.81. The molecule has 0 radical (unpaired) electrons. The standard InChI is InChI=1S/C11H11FN4/c1-13-10-6-14-7-11(16-10)15-9-5-3-2-4-8(9)12/h2-7H,1H3,(H2,13,15,16). The van der Waals surface area contributed by atoms with Gasteiger partial charge in [-0.25, -0.2) is 9.37 Å². The van der Waals surface area contributed by atoms with Gasteiger partial charge in [0, 0.05) is 7.05 Å². The lowest BCUT2D eigenvalue weighted by Gasteiger charge is -2.07. The molecule has 0 aliphatic heterocycles. The molecule has 0 aliphatic carbocycles. The number of nitrogens with zero attached hydrogens (tertiary/aromatic N) is 2. The van der Waals surface area contributed by atoms with Gasteiger partial charge < -0.3 is 10.6 Å². The quantitative estimate of drug-likeness (QED) is 0.830. The predicted molar refractivity (Wildman–Crippen MR) is 61.3 cm³/mol. The summed E-state index contributed by atoms with van der Waals surface area (Å²) in [5, 5.41) is 5.72. The Morgan fingerprint density at radius 1 is 1.12 bits per heavy atom. The van der Waals surface area contributed by atoms with Gasteiger partial charge in [-0.2, -0.15) is 0 Å². The van der Waals surface area contributed by atoms with Crippen LogP contribution in [0.3, 0.4) is 0 Å². The molecule has 0 spiro atoms. The number of hydrogen-bond donors (Lipinski definition) is 2. The Labute approximate surface area is 92.6 Å². The maximum Gasteiger partial charge on any atom is 0.151 e. The summed E-state index contributed by atoms with van der Waals surface area (Å²) in [7, 11) is 1.75. The molecule has 2 aromatic rings. The SMILES string of the molecule is CNc1cncc(Nc2ccccc2F)n1. The van der Waals surface area contributed by atoms with Gasteiger partial charge in [-0.05, 0) is 12.1 Å². The van der Waals surface area contributed by atoms with E-state index in [4.69, 9.17) is 0 Å². The van der Waals surface area contributed by atoms with Gasteiger partial charge in [-0.3, -0.25) is 4.98 Å². The second-order valence-electron chi connectivity index (χ2n) is 3.14. The van der Waals surface area contributed by atoms with Crippen LogP contribution in [0.25, 0.3) is 0 Å². The Kier molecular flexibility index (Phi) is 2.95. The molecule has 4 nitrogen and oxygen atoms in total. The summed E-state index contributed by atoms with van der Waals surface area (Å²) in [6, 6.07) is 6.41. The molecule has 0 saturated heterocycles. The van der Waals surface area contributed by atoms with Crippen molar-refractivity contribution in [1.29, 1.82) is 0 Å². The van der Waals surface area contributed by atoms with Crippen molar-refractivity contribution in [2.45, 2.75) is 0 Å². The van der Waals surface area contributed by atoms with Gasteiger partial charge >= 0.3 is 0 Å². The summed E-state index contributed by atoms with van der Waals surface area (Å²) >= 11 is 0. The van der Waals surface area contributed by atoms with Gasteiger partial charge in [-0.1, -0.05) is 12.1 Å². The van der Waals surface area contributed by atoms with Crippen LogP contribution in [0.5, 0.6) is 0 Å². The molecule has 82 valence electrons. The van der Waals surface area contributed by atoms with Gasteiger partial charge in [0.15, 0.2) is 5.82 Å². The molecule has 0 saturated carbocycles. The zero-order chi connectivity index (χ0) is 11.4. The van der Waals surface area contributed by atoms with Crippen LogP contribution in [0.4, 0.5) is 21.7 Å². The largest absolute Gasteiger partial charge is 0.372 e. The van der Waals surface area contributed by atoms with Gasteiger partial charge in [-0.15, -0.1) is 0 Å². The fourth-order valence-electron chi connectivity index (χ4n) is 1.25. The lowest BCUT2D eigenvalue weighted by molar-refractivity contribution is 0.632. The van der Waals surface area contributed by atoms with Crippen LogP contribution in [0.2, 0.25) is 0 Å². The molecule has 16 heavy (non-hydrogen) atoms. The highest BCUT2D eigenvalue weighted by atomic mass is 19.1. The van der Waals surface area contributed by atoms with Crippen LogP contribution in [-0.2, 0) is 0 Å². The Morgan fingerprint density at radius 3 is 2.62 bits per heavy atom. The number of aromatic nitrogens is 2. The molecule has 2 rings (SSSR count). The van der Waals surface area contributed by atoms with E-state index in [9.17, 15) is 4.39 Å². The molecule has 1 aromatic carbocycles. The minimum atomic E-state index is -0.320. The van der Waals surface area contributed by atoms with Crippen molar-refractivity contribution in [2.75, 3.05) is 17.7 Å². The highest BCUT2D eigenvalue weighted by molar-refractivity contribution is 5.57. The fourth-order valence-corrected chi connectivity index (χ4v) is 1.25. The van der Waals surface area contributed by atoms with Crippen LogP contribution >= 0.6 is 0 Å². The summed E-state index contributed by atoms with van der Waals surface area (Å²) in [5.74, 6) is 0.803. The van der Waals surface area contributed by atoms with E-state index in [1.807, 2.05) is 0 Å². The van der Waals surface area contributed by atoms with Gasteiger partial charge in [0.05, 0.1) is 18.1 Å². The summed E-state index contributed by atoms with van der Waals surface area (Å²) in [5.41, 5.74) is 0.380. The summed E-state index contributed by atoms with van der Waals surface area (Å²) in [6.45, 7) is 0. The number of rotatable bonds is 3. The third-order valence-corrected chi connectivity index (χ3v) is 2.03. The Hall–Kier alpha value is -2.17. The smallest absolute Gasteiger partial charge is 0.151 e. The minimum Gasteiger partial charge on any atom is -0.372 e. The monoisotopic (exact) mass is 218 g/mol. The van der Waals surface area contributed by atoms with Crippen LogP contribution in [0.1, 0.15) is 0 Å². The van der Waals surface area contributed by atoms with E-state index >= 15 is 0 Å². The van der Waals surface area contributed by atoms with E-state index in [0.29, 0.717) is 17.3 Å². The van der Waals surface area contributed by atoms with Crippen LogP contribution in [0.15, 0.2) is 36.7 Å². The zero-order valence-corrected chi connectivity index (χ0v) is 8.74. The third kappa shape index (κ3) is 2.25. The van der Waals surface area contributed by atoms with Crippen molar-refractivity contribution < 1.29 is 4.39 Å². The Bertz CT molecular complexity index is 487. The second-order valence-corrected chi connectivity index (χ2v) is 3.14. The molecule has 5 heteroatoms. The molecule has 0 amide bonds. The summed E-state index contributed by atoms with van der Waals surface area (Å²) < 4.78 is 13.3. The number of para-hydroxylation sites is 1. The summed E-state index contributed by atoms with van der Waals surface area (Å²) in [4.78, 5) is 8.15. The van der Waals surface area contributed by atoms with E-state index in [2.05, 4.69) is 20.6 Å². The normalized spacial score (nSPS) is 9.88. The van der Waals surface area contributed by atoms with Crippen molar-refractivity contribution in [1.82, 2.24) is 9.97 Å². The van der Waals surface area contributed by atoms with Crippen molar-refractivity contribution >= 4 is 17.3 Å². The average Bonchev–Trinajstić information content (AvgIpc) is 2.32. The maximum atomic E-state index is 13.3. The van der Waals surface area contributed by atoms with E-state index in [1.54, 1.807) is 31.4 Å². The molecule has 0 bridgehead atoms. The van der Waals surface area contributed by atoms with Crippen molar-refractivity contribution in [2.24, 2.45) is 0 Å². The molecular formula is C11H11FN4. The number of nitrogens with one attached hydrogen (secondary N) is 2. The van der Waals surface area contributed by atoms with Gasteiger partial charge in [0.2, 0.25) is 0 Å². The molecule has 1 heterocycles. The van der Waals surface area contributed by atoms with E-state index in [-0.39, 0.29) is 5.82 Å². The lowest BCUT2D eigenvalue weighted by Crippen LogP contribution is -1.99. The third-order valence-electron chi connectivity index (χ3n) is 2.03. The highest BCUT2D eigenvalue weighted by Crippen LogP contribution is 2.17. The average molecular weight is 218 g/mol. The second kappa shape index (κ2) is 4.57. The predicted octanol–water partition coefficient (Wildman–Crippen LogP) is 2.40. The first-order valence-electron chi connectivity index (χ1n) is 4.81. The van der Waals surface area contributed by atoms with Crippen molar-refractivity contribution in [3.8, 4) is 0 Å². The van der Waals surface area contributed by atoms with E-state index in [0.717, 1.165) is 0 Å². The van der Waals surface area contributed by atoms with Gasteiger partial charge in [0.1, 0.15) is 11.6 Å². The Morgan fingerprint density at radius 2 is 1.88 bits per heavy atom. The minimum absolute atomic E-state index is 0.320. The maximum absolute atomic E-state index is 13.3. The topological polar surface area (TPSA) is 49.8 Å². The van der Waals surface area contributed by atoms with Crippen molar-refractivity contribution in [3.05, 3.63) is 42.5 Å². The molecule has 0 fully saturated rings. The zero-order valence-electron chi connectivity index (χ0n) is 8.74. The van der Waals surface area contributed by atoms with Crippen LogP contribution in [0, 0.1) is 5.82 Å².